The van der Waals surface area contributed by atoms with Crippen LogP contribution in [0.25, 0.3) is 0 Å². The molecular weight excluding hydrogens is 346 g/mol. The molecule has 0 saturated heterocycles. The predicted octanol–water partition coefficient (Wildman–Crippen LogP) is 4.89. The van der Waals surface area contributed by atoms with Crippen LogP contribution in [0.15, 0.2) is 40.9 Å². The molecule has 1 N–H and O–H groups in total. The largest absolute Gasteiger partial charge is 0.492 e. The van der Waals surface area contributed by atoms with Gasteiger partial charge in [0.25, 0.3) is 0 Å². The molecule has 0 amide bonds. The van der Waals surface area contributed by atoms with Crippen molar-refractivity contribution in [3.05, 3.63) is 50.1 Å². The maximum atomic E-state index is 5.92. The van der Waals surface area contributed by atoms with E-state index < -0.39 is 0 Å². The summed E-state index contributed by atoms with van der Waals surface area (Å²) in [6.45, 7) is 3.57. The molecule has 2 aromatic rings. The van der Waals surface area contributed by atoms with Crippen LogP contribution in [0.1, 0.15) is 17.8 Å². The van der Waals surface area contributed by atoms with Crippen molar-refractivity contribution in [3.63, 3.8) is 0 Å². The van der Waals surface area contributed by atoms with Crippen LogP contribution in [0.3, 0.4) is 0 Å². The number of halogens is 2. The zero-order valence-electron chi connectivity index (χ0n) is 10.5. The normalized spacial score (nSPS) is 12.4. The predicted molar refractivity (Wildman–Crippen MR) is 85.4 cm³/mol. The van der Waals surface area contributed by atoms with Crippen molar-refractivity contribution in [2.75, 3.05) is 13.2 Å². The van der Waals surface area contributed by atoms with Crippen LogP contribution in [0, 0.1) is 0 Å². The second-order valence-corrected chi connectivity index (χ2v) is 6.78. The van der Waals surface area contributed by atoms with Crippen molar-refractivity contribution < 1.29 is 4.74 Å². The lowest BCUT2D eigenvalue weighted by Crippen LogP contribution is -2.23. The summed E-state index contributed by atoms with van der Waals surface area (Å²) in [6, 6.07) is 12.1. The van der Waals surface area contributed by atoms with E-state index in [0.717, 1.165) is 21.1 Å². The number of hydrogen-bond donors (Lipinski definition) is 1. The van der Waals surface area contributed by atoms with Gasteiger partial charge in [0.1, 0.15) is 12.4 Å². The van der Waals surface area contributed by atoms with Gasteiger partial charge in [-0.05, 0) is 43.3 Å². The van der Waals surface area contributed by atoms with Gasteiger partial charge in [0.05, 0.1) is 4.34 Å². The molecule has 1 heterocycles. The van der Waals surface area contributed by atoms with E-state index in [1.807, 2.05) is 30.3 Å². The van der Waals surface area contributed by atoms with E-state index in [0.29, 0.717) is 12.6 Å². The van der Waals surface area contributed by atoms with Gasteiger partial charge in [-0.3, -0.25) is 0 Å². The number of thiophene rings is 1. The molecule has 1 aromatic heterocycles. The fraction of sp³-hybridized carbons (Fsp3) is 0.286. The Morgan fingerprint density at radius 2 is 2.00 bits per heavy atom. The van der Waals surface area contributed by atoms with Gasteiger partial charge in [0, 0.05) is 21.9 Å². The van der Waals surface area contributed by atoms with Crippen molar-refractivity contribution in [1.29, 1.82) is 0 Å². The maximum Gasteiger partial charge on any atom is 0.119 e. The highest BCUT2D eigenvalue weighted by molar-refractivity contribution is 9.10. The molecule has 0 aliphatic carbocycles. The summed E-state index contributed by atoms with van der Waals surface area (Å²) < 4.78 is 7.53. The number of rotatable bonds is 6. The molecule has 0 saturated carbocycles. The third kappa shape index (κ3) is 4.80. The van der Waals surface area contributed by atoms with Crippen LogP contribution in [0.2, 0.25) is 4.34 Å². The van der Waals surface area contributed by atoms with Gasteiger partial charge in [-0.15, -0.1) is 11.3 Å². The number of ether oxygens (including phenoxy) is 1. The van der Waals surface area contributed by atoms with Crippen molar-refractivity contribution >= 4 is 38.9 Å². The molecule has 5 heteroatoms. The minimum absolute atomic E-state index is 0.297. The maximum absolute atomic E-state index is 5.92. The van der Waals surface area contributed by atoms with E-state index in [4.69, 9.17) is 16.3 Å². The van der Waals surface area contributed by atoms with Gasteiger partial charge in [-0.2, -0.15) is 0 Å². The Bertz CT molecular complexity index is 514. The van der Waals surface area contributed by atoms with Crippen molar-refractivity contribution in [2.45, 2.75) is 13.0 Å². The molecular formula is C14H15BrClNOS. The molecule has 1 atom stereocenters. The van der Waals surface area contributed by atoms with Gasteiger partial charge in [0.2, 0.25) is 0 Å². The van der Waals surface area contributed by atoms with Crippen LogP contribution in [-0.2, 0) is 0 Å². The molecule has 19 heavy (non-hydrogen) atoms. The Hall–Kier alpha value is -0.550. The lowest BCUT2D eigenvalue weighted by Gasteiger charge is -2.12. The van der Waals surface area contributed by atoms with Crippen LogP contribution < -0.4 is 10.1 Å². The summed E-state index contributed by atoms with van der Waals surface area (Å²) in [5.74, 6) is 0.886. The third-order valence-electron chi connectivity index (χ3n) is 2.66. The van der Waals surface area contributed by atoms with Gasteiger partial charge < -0.3 is 10.1 Å². The number of nitrogens with one attached hydrogen (secondary N) is 1. The van der Waals surface area contributed by atoms with Crippen LogP contribution in [0.5, 0.6) is 5.75 Å². The molecule has 0 aliphatic rings. The minimum Gasteiger partial charge on any atom is -0.492 e. The third-order valence-corrected chi connectivity index (χ3v) is 4.60. The van der Waals surface area contributed by atoms with E-state index >= 15 is 0 Å². The highest BCUT2D eigenvalue weighted by Gasteiger charge is 2.07. The average Bonchev–Trinajstić information content (AvgIpc) is 2.83. The Morgan fingerprint density at radius 3 is 2.63 bits per heavy atom. The fourth-order valence-electron chi connectivity index (χ4n) is 1.64. The highest BCUT2D eigenvalue weighted by atomic mass is 79.9. The molecule has 102 valence electrons. The SMILES string of the molecule is CC(NCCOc1ccc(Br)cc1)c1ccc(Cl)s1. The first-order valence-corrected chi connectivity index (χ1v) is 8.01. The van der Waals surface area contributed by atoms with Crippen molar-refractivity contribution in [1.82, 2.24) is 5.32 Å². The monoisotopic (exact) mass is 359 g/mol. The van der Waals surface area contributed by atoms with Crippen LogP contribution >= 0.6 is 38.9 Å². The fourth-order valence-corrected chi connectivity index (χ4v) is 2.99. The first kappa shape index (κ1) is 14.9. The van der Waals surface area contributed by atoms with E-state index in [9.17, 15) is 0 Å². The average molecular weight is 361 g/mol. The standard InChI is InChI=1S/C14H15BrClNOS/c1-10(13-6-7-14(16)19-13)17-8-9-18-12-4-2-11(15)3-5-12/h2-7,10,17H,8-9H2,1H3. The van der Waals surface area contributed by atoms with E-state index in [-0.39, 0.29) is 0 Å². The summed E-state index contributed by atoms with van der Waals surface area (Å²) in [7, 11) is 0. The Kier molecular flexibility index (Phi) is 5.70. The van der Waals surface area contributed by atoms with Crippen LogP contribution in [-0.4, -0.2) is 13.2 Å². The smallest absolute Gasteiger partial charge is 0.119 e. The highest BCUT2D eigenvalue weighted by Crippen LogP contribution is 2.26. The summed E-state index contributed by atoms with van der Waals surface area (Å²) in [4.78, 5) is 1.24. The van der Waals surface area contributed by atoms with Crippen molar-refractivity contribution in [2.24, 2.45) is 0 Å². The van der Waals surface area contributed by atoms with Gasteiger partial charge in [-0.25, -0.2) is 0 Å². The number of hydrogen-bond acceptors (Lipinski definition) is 3. The zero-order chi connectivity index (χ0) is 13.7. The van der Waals surface area contributed by atoms with Crippen LogP contribution in [0.4, 0.5) is 0 Å². The Labute approximate surface area is 130 Å². The molecule has 2 nitrogen and oxygen atoms in total. The number of benzene rings is 1. The first-order chi connectivity index (χ1) is 9.15. The Morgan fingerprint density at radius 1 is 1.26 bits per heavy atom. The van der Waals surface area contributed by atoms with Gasteiger partial charge >= 0.3 is 0 Å². The summed E-state index contributed by atoms with van der Waals surface area (Å²) >= 11 is 10.9. The summed E-state index contributed by atoms with van der Waals surface area (Å²) in [6.07, 6.45) is 0. The molecule has 0 fully saturated rings. The summed E-state index contributed by atoms with van der Waals surface area (Å²) in [5.41, 5.74) is 0. The molecule has 0 spiro atoms. The van der Waals surface area contributed by atoms with E-state index in [1.54, 1.807) is 11.3 Å². The van der Waals surface area contributed by atoms with Gasteiger partial charge in [0.15, 0.2) is 0 Å². The molecule has 0 bridgehead atoms. The summed E-state index contributed by atoms with van der Waals surface area (Å²) in [5, 5.41) is 3.41. The lowest BCUT2D eigenvalue weighted by molar-refractivity contribution is 0.308. The molecule has 1 unspecified atom stereocenters. The molecule has 0 radical (unpaired) electrons. The second kappa shape index (κ2) is 7.29. The molecule has 0 aliphatic heterocycles. The minimum atomic E-state index is 0.297. The lowest BCUT2D eigenvalue weighted by atomic mass is 10.3. The van der Waals surface area contributed by atoms with Crippen molar-refractivity contribution in [3.8, 4) is 5.75 Å². The Balaban J connectivity index is 1.70. The van der Waals surface area contributed by atoms with E-state index in [1.165, 1.54) is 4.88 Å². The zero-order valence-corrected chi connectivity index (χ0v) is 13.7. The second-order valence-electron chi connectivity index (χ2n) is 4.12. The topological polar surface area (TPSA) is 21.3 Å². The van der Waals surface area contributed by atoms with E-state index in [2.05, 4.69) is 34.2 Å². The quantitative estimate of drug-likeness (QED) is 0.740. The molecule has 1 aromatic carbocycles. The van der Waals surface area contributed by atoms with Gasteiger partial charge in [-0.1, -0.05) is 27.5 Å². The molecule has 2 rings (SSSR count). The first-order valence-electron chi connectivity index (χ1n) is 6.02.